The lowest BCUT2D eigenvalue weighted by Crippen LogP contribution is -2.31. The van der Waals surface area contributed by atoms with Crippen LogP contribution in [-0.2, 0) is 0 Å². The minimum absolute atomic E-state index is 0.0274. The molecule has 2 heterocycles. The van der Waals surface area contributed by atoms with E-state index in [9.17, 15) is 4.79 Å². The zero-order valence-electron chi connectivity index (χ0n) is 16.8. The number of hydrogen-bond acceptors (Lipinski definition) is 5. The number of amides is 1. The van der Waals surface area contributed by atoms with Crippen molar-refractivity contribution in [3.8, 4) is 5.69 Å². The normalized spacial score (nSPS) is 13.9. The van der Waals surface area contributed by atoms with Crippen LogP contribution < -0.4 is 10.2 Å². The van der Waals surface area contributed by atoms with Crippen LogP contribution in [0.5, 0.6) is 0 Å². The van der Waals surface area contributed by atoms with Crippen LogP contribution in [0.15, 0.2) is 30.9 Å². The second-order valence-electron chi connectivity index (χ2n) is 7.61. The zero-order valence-corrected chi connectivity index (χ0v) is 16.8. The molecule has 1 fully saturated rings. The van der Waals surface area contributed by atoms with Gasteiger partial charge in [0.1, 0.15) is 12.7 Å². The quantitative estimate of drug-likeness (QED) is 0.713. The molecular weight excluding hydrogens is 352 g/mol. The molecule has 0 radical (unpaired) electrons. The number of carbonyl (C=O) groups is 1. The molecule has 1 amide bonds. The molecule has 28 heavy (non-hydrogen) atoms. The third kappa shape index (κ3) is 3.32. The van der Waals surface area contributed by atoms with Crippen LogP contribution in [0.25, 0.3) is 16.9 Å². The molecule has 1 aromatic carbocycles. The van der Waals surface area contributed by atoms with Gasteiger partial charge in [-0.15, -0.1) is 0 Å². The van der Waals surface area contributed by atoms with E-state index in [1.165, 1.54) is 0 Å². The number of anilines is 1. The summed E-state index contributed by atoms with van der Waals surface area (Å²) in [5.74, 6) is 0.807. The number of aromatic nitrogens is 4. The van der Waals surface area contributed by atoms with Crippen LogP contribution in [0.1, 0.15) is 49.5 Å². The van der Waals surface area contributed by atoms with E-state index in [0.29, 0.717) is 17.6 Å². The molecule has 7 heteroatoms. The second-order valence-corrected chi connectivity index (χ2v) is 7.61. The second kappa shape index (κ2) is 7.22. The van der Waals surface area contributed by atoms with Gasteiger partial charge in [-0.05, 0) is 58.2 Å². The molecule has 4 rings (SSSR count). The number of aryl methyl sites for hydroxylation is 1. The molecule has 146 valence electrons. The first-order chi connectivity index (χ1) is 13.5. The lowest BCUT2D eigenvalue weighted by molar-refractivity contribution is 0.0951. The Hall–Kier alpha value is -2.96. The van der Waals surface area contributed by atoms with Crippen LogP contribution in [0.3, 0.4) is 0 Å². The number of fused-ring (bicyclic) bond motifs is 1. The molecule has 2 aromatic heterocycles. The van der Waals surface area contributed by atoms with E-state index in [1.54, 1.807) is 12.7 Å². The Labute approximate surface area is 164 Å². The molecule has 0 spiro atoms. The fraction of sp³-hybridized carbons (Fsp3) is 0.429. The molecule has 1 N–H and O–H groups in total. The maximum absolute atomic E-state index is 12.5. The standard InChI is InChI=1S/C21H26N6O/c1-5-26(13(2)3)19-18-20(23-11-22-19)27(12-24-18)17-10-15(7-6-14(17)4)21(28)25-16-8-9-16/h6-7,10-13,16H,5,8-9H2,1-4H3,(H,25,28). The molecule has 1 aliphatic carbocycles. The van der Waals surface area contributed by atoms with Crippen molar-refractivity contribution in [2.75, 3.05) is 11.4 Å². The van der Waals surface area contributed by atoms with Gasteiger partial charge >= 0.3 is 0 Å². The summed E-state index contributed by atoms with van der Waals surface area (Å²) < 4.78 is 1.94. The Morgan fingerprint density at radius 1 is 1.29 bits per heavy atom. The summed E-state index contributed by atoms with van der Waals surface area (Å²) in [5.41, 5.74) is 4.13. The number of carbonyl (C=O) groups excluding carboxylic acids is 1. The van der Waals surface area contributed by atoms with Crippen molar-refractivity contribution in [1.82, 2.24) is 24.8 Å². The summed E-state index contributed by atoms with van der Waals surface area (Å²) in [6.45, 7) is 9.25. The number of nitrogens with zero attached hydrogens (tertiary/aromatic N) is 5. The first kappa shape index (κ1) is 18.4. The summed E-state index contributed by atoms with van der Waals surface area (Å²) in [4.78, 5) is 28.3. The molecule has 0 bridgehead atoms. The molecule has 7 nitrogen and oxygen atoms in total. The Morgan fingerprint density at radius 2 is 2.07 bits per heavy atom. The predicted octanol–water partition coefficient (Wildman–Crippen LogP) is 3.25. The smallest absolute Gasteiger partial charge is 0.251 e. The third-order valence-corrected chi connectivity index (χ3v) is 5.19. The van der Waals surface area contributed by atoms with Gasteiger partial charge in [0.05, 0.1) is 5.69 Å². The number of rotatable bonds is 6. The van der Waals surface area contributed by atoms with E-state index in [1.807, 2.05) is 29.7 Å². The summed E-state index contributed by atoms with van der Waals surface area (Å²) in [6.07, 6.45) is 5.49. The van der Waals surface area contributed by atoms with Crippen LogP contribution >= 0.6 is 0 Å². The van der Waals surface area contributed by atoms with Gasteiger partial charge in [-0.2, -0.15) is 0 Å². The SMILES string of the molecule is CCN(c1ncnc2c1ncn2-c1cc(C(=O)NC2CC2)ccc1C)C(C)C. The topological polar surface area (TPSA) is 75.9 Å². The van der Waals surface area contributed by atoms with Gasteiger partial charge in [-0.1, -0.05) is 6.07 Å². The van der Waals surface area contributed by atoms with Gasteiger partial charge in [0.15, 0.2) is 17.0 Å². The van der Waals surface area contributed by atoms with Crippen molar-refractivity contribution in [2.24, 2.45) is 0 Å². The number of benzene rings is 1. The van der Waals surface area contributed by atoms with Gasteiger partial charge in [0, 0.05) is 24.2 Å². The lowest BCUT2D eigenvalue weighted by atomic mass is 10.1. The Bertz CT molecular complexity index is 1020. The molecule has 1 aliphatic rings. The van der Waals surface area contributed by atoms with Crippen molar-refractivity contribution in [1.29, 1.82) is 0 Å². The fourth-order valence-corrected chi connectivity index (χ4v) is 3.47. The van der Waals surface area contributed by atoms with Gasteiger partial charge in [0.2, 0.25) is 0 Å². The maximum atomic E-state index is 12.5. The highest BCUT2D eigenvalue weighted by molar-refractivity contribution is 5.95. The first-order valence-electron chi connectivity index (χ1n) is 9.86. The monoisotopic (exact) mass is 378 g/mol. The predicted molar refractivity (Wildman–Crippen MR) is 110 cm³/mol. The van der Waals surface area contributed by atoms with Crippen LogP contribution in [0.2, 0.25) is 0 Å². The average molecular weight is 378 g/mol. The average Bonchev–Trinajstić information content (AvgIpc) is 3.38. The fourth-order valence-electron chi connectivity index (χ4n) is 3.47. The lowest BCUT2D eigenvalue weighted by Gasteiger charge is -2.26. The minimum atomic E-state index is -0.0274. The van der Waals surface area contributed by atoms with Gasteiger partial charge in [0.25, 0.3) is 5.91 Å². The molecule has 0 atom stereocenters. The van der Waals surface area contributed by atoms with E-state index in [4.69, 9.17) is 0 Å². The first-order valence-corrected chi connectivity index (χ1v) is 9.86. The van der Waals surface area contributed by atoms with E-state index in [-0.39, 0.29) is 5.91 Å². The summed E-state index contributed by atoms with van der Waals surface area (Å²) in [6, 6.07) is 6.39. The Morgan fingerprint density at radius 3 is 2.75 bits per heavy atom. The Balaban J connectivity index is 1.78. The van der Waals surface area contributed by atoms with Gasteiger partial charge in [-0.25, -0.2) is 15.0 Å². The van der Waals surface area contributed by atoms with Crippen molar-refractivity contribution in [3.05, 3.63) is 42.0 Å². The van der Waals surface area contributed by atoms with Gasteiger partial charge in [-0.3, -0.25) is 9.36 Å². The third-order valence-electron chi connectivity index (χ3n) is 5.19. The summed E-state index contributed by atoms with van der Waals surface area (Å²) in [7, 11) is 0. The highest BCUT2D eigenvalue weighted by Gasteiger charge is 2.24. The van der Waals surface area contributed by atoms with E-state index in [0.717, 1.165) is 47.6 Å². The highest BCUT2D eigenvalue weighted by atomic mass is 16.1. The summed E-state index contributed by atoms with van der Waals surface area (Å²) >= 11 is 0. The Kier molecular flexibility index (Phi) is 4.75. The minimum Gasteiger partial charge on any atom is -0.353 e. The maximum Gasteiger partial charge on any atom is 0.251 e. The van der Waals surface area contributed by atoms with E-state index in [2.05, 4.69) is 45.9 Å². The molecule has 3 aromatic rings. The molecule has 0 saturated heterocycles. The zero-order chi connectivity index (χ0) is 19.8. The van der Waals surface area contributed by atoms with Crippen LogP contribution in [0.4, 0.5) is 5.82 Å². The number of hydrogen-bond donors (Lipinski definition) is 1. The van der Waals surface area contributed by atoms with Crippen LogP contribution in [-0.4, -0.2) is 44.1 Å². The van der Waals surface area contributed by atoms with E-state index >= 15 is 0 Å². The molecule has 1 saturated carbocycles. The summed E-state index contributed by atoms with van der Waals surface area (Å²) in [5, 5.41) is 3.05. The van der Waals surface area contributed by atoms with E-state index < -0.39 is 0 Å². The largest absolute Gasteiger partial charge is 0.353 e. The van der Waals surface area contributed by atoms with Crippen LogP contribution in [0, 0.1) is 6.92 Å². The number of nitrogens with one attached hydrogen (secondary N) is 1. The van der Waals surface area contributed by atoms with Crippen molar-refractivity contribution < 1.29 is 4.79 Å². The molecular formula is C21H26N6O. The molecule has 0 unspecified atom stereocenters. The number of imidazole rings is 1. The van der Waals surface area contributed by atoms with Gasteiger partial charge < -0.3 is 10.2 Å². The van der Waals surface area contributed by atoms with Crippen molar-refractivity contribution in [2.45, 2.75) is 52.6 Å². The van der Waals surface area contributed by atoms with Crippen molar-refractivity contribution in [3.63, 3.8) is 0 Å². The van der Waals surface area contributed by atoms with Crippen molar-refractivity contribution >= 4 is 22.9 Å². The highest BCUT2D eigenvalue weighted by Crippen LogP contribution is 2.27. The molecule has 0 aliphatic heterocycles.